The molecule has 0 N–H and O–H groups in total. The van der Waals surface area contributed by atoms with E-state index < -0.39 is 35.6 Å². The molecule has 0 fully saturated rings. The first kappa shape index (κ1) is 28.5. The number of amides is 4. The normalized spacial score (nSPS) is 13.1. The van der Waals surface area contributed by atoms with Crippen LogP contribution in [0.2, 0.25) is 0 Å². The number of hydrogen-bond acceptors (Lipinski definition) is 4. The largest absolute Gasteiger partial charge is 0.273 e. The highest BCUT2D eigenvalue weighted by Crippen LogP contribution is 2.33. The van der Waals surface area contributed by atoms with Crippen molar-refractivity contribution in [1.29, 1.82) is 0 Å². The molecule has 44 heavy (non-hydrogen) atoms. The molecule has 216 valence electrons. The van der Waals surface area contributed by atoms with Crippen LogP contribution < -0.4 is 4.90 Å². The summed E-state index contributed by atoms with van der Waals surface area (Å²) < 4.78 is 0. The summed E-state index contributed by atoms with van der Waals surface area (Å²) in [6.07, 6.45) is 0.0438. The maximum atomic E-state index is 14.9. The third kappa shape index (κ3) is 5.45. The summed E-state index contributed by atoms with van der Waals surface area (Å²) in [5.74, 6) is -3.07. The molecule has 1 heterocycles. The topological polar surface area (TPSA) is 74.8 Å². The molecule has 5 aromatic rings. The maximum absolute atomic E-state index is 14.9. The molecular formula is C38H30N2O4. The molecule has 0 saturated carbocycles. The van der Waals surface area contributed by atoms with E-state index in [1.807, 2.05) is 110 Å². The minimum Gasteiger partial charge on any atom is -0.273 e. The standard InChI is InChI=1S/C38H30N2O4/c1-26-21-23-30(24-22-26)39(38(44)34(28-15-7-3-8-16-28)29-17-9-4-10-18-29)37(43)33(25-27-13-5-2-6-14-27)40-35(41)31-19-11-12-20-32(31)36(40)42/h2-24,33-34H,25H2,1H3. The first-order valence-electron chi connectivity index (χ1n) is 14.5. The van der Waals surface area contributed by atoms with E-state index in [1.165, 1.54) is 0 Å². The van der Waals surface area contributed by atoms with Crippen molar-refractivity contribution < 1.29 is 19.2 Å². The van der Waals surface area contributed by atoms with Crippen LogP contribution in [0.25, 0.3) is 0 Å². The molecule has 5 aromatic carbocycles. The van der Waals surface area contributed by atoms with Gasteiger partial charge in [0.1, 0.15) is 6.04 Å². The van der Waals surface area contributed by atoms with E-state index in [4.69, 9.17) is 0 Å². The van der Waals surface area contributed by atoms with E-state index in [0.29, 0.717) is 16.8 Å². The Morgan fingerprint density at radius 3 is 1.55 bits per heavy atom. The van der Waals surface area contributed by atoms with Gasteiger partial charge in [-0.2, -0.15) is 0 Å². The molecule has 0 aliphatic carbocycles. The monoisotopic (exact) mass is 578 g/mol. The van der Waals surface area contributed by atoms with E-state index in [0.717, 1.165) is 20.9 Å². The Bertz CT molecular complexity index is 1750. The van der Waals surface area contributed by atoms with Crippen molar-refractivity contribution in [1.82, 2.24) is 4.90 Å². The van der Waals surface area contributed by atoms with Crippen molar-refractivity contribution >= 4 is 29.3 Å². The second-order valence-electron chi connectivity index (χ2n) is 10.8. The molecule has 0 aromatic heterocycles. The smallest absolute Gasteiger partial charge is 0.262 e. The number of benzene rings is 5. The molecule has 6 rings (SSSR count). The van der Waals surface area contributed by atoms with Crippen LogP contribution in [0, 0.1) is 6.92 Å². The van der Waals surface area contributed by atoms with E-state index in [9.17, 15) is 19.2 Å². The fourth-order valence-electron chi connectivity index (χ4n) is 5.72. The molecule has 1 aliphatic rings. The van der Waals surface area contributed by atoms with Crippen LogP contribution in [-0.2, 0) is 16.0 Å². The van der Waals surface area contributed by atoms with Crippen LogP contribution in [0.5, 0.6) is 0 Å². The van der Waals surface area contributed by atoms with Crippen molar-refractivity contribution in [2.24, 2.45) is 0 Å². The lowest BCUT2D eigenvalue weighted by Crippen LogP contribution is -2.54. The van der Waals surface area contributed by atoms with E-state index in [1.54, 1.807) is 36.4 Å². The summed E-state index contributed by atoms with van der Waals surface area (Å²) in [6, 6.07) is 40.2. The number of carbonyl (C=O) groups is 4. The van der Waals surface area contributed by atoms with Gasteiger partial charge in [-0.15, -0.1) is 0 Å². The zero-order valence-corrected chi connectivity index (χ0v) is 24.2. The van der Waals surface area contributed by atoms with Gasteiger partial charge in [-0.1, -0.05) is 121 Å². The van der Waals surface area contributed by atoms with Gasteiger partial charge >= 0.3 is 0 Å². The van der Waals surface area contributed by atoms with Gasteiger partial charge in [0, 0.05) is 6.42 Å². The molecule has 1 unspecified atom stereocenters. The lowest BCUT2D eigenvalue weighted by Gasteiger charge is -2.33. The van der Waals surface area contributed by atoms with Crippen LogP contribution in [-0.4, -0.2) is 34.6 Å². The van der Waals surface area contributed by atoms with Gasteiger partial charge in [0.2, 0.25) is 5.91 Å². The predicted molar refractivity (Wildman–Crippen MR) is 169 cm³/mol. The highest BCUT2D eigenvalue weighted by molar-refractivity contribution is 6.26. The van der Waals surface area contributed by atoms with Crippen molar-refractivity contribution in [3.8, 4) is 0 Å². The lowest BCUT2D eigenvalue weighted by atomic mass is 9.89. The average Bonchev–Trinajstić information content (AvgIpc) is 3.31. The minimum absolute atomic E-state index is 0.0438. The molecule has 6 nitrogen and oxygen atoms in total. The Hall–Kier alpha value is -5.62. The molecule has 4 amide bonds. The van der Waals surface area contributed by atoms with Gasteiger partial charge in [0.25, 0.3) is 17.7 Å². The maximum Gasteiger partial charge on any atom is 0.262 e. The second-order valence-corrected chi connectivity index (χ2v) is 10.8. The average molecular weight is 579 g/mol. The fourth-order valence-corrected chi connectivity index (χ4v) is 5.72. The van der Waals surface area contributed by atoms with Crippen LogP contribution >= 0.6 is 0 Å². The molecule has 1 aliphatic heterocycles. The lowest BCUT2D eigenvalue weighted by molar-refractivity contribution is -0.129. The van der Waals surface area contributed by atoms with Crippen molar-refractivity contribution in [2.45, 2.75) is 25.3 Å². The number of rotatable bonds is 8. The number of fused-ring (bicyclic) bond motifs is 1. The quantitative estimate of drug-likeness (QED) is 0.195. The Labute approximate surface area is 256 Å². The van der Waals surface area contributed by atoms with Gasteiger partial charge in [0.05, 0.1) is 22.7 Å². The van der Waals surface area contributed by atoms with Crippen LogP contribution in [0.1, 0.15) is 48.9 Å². The van der Waals surface area contributed by atoms with Gasteiger partial charge in [-0.05, 0) is 47.9 Å². The van der Waals surface area contributed by atoms with E-state index >= 15 is 0 Å². The SMILES string of the molecule is Cc1ccc(N(C(=O)C(c2ccccc2)c2ccccc2)C(=O)C(Cc2ccccc2)N2C(=O)c3ccccc3C2=O)cc1. The summed E-state index contributed by atoms with van der Waals surface area (Å²) in [7, 11) is 0. The van der Waals surface area contributed by atoms with Crippen LogP contribution in [0.3, 0.4) is 0 Å². The van der Waals surface area contributed by atoms with Crippen molar-refractivity contribution in [3.05, 3.63) is 173 Å². The third-order valence-electron chi connectivity index (χ3n) is 7.94. The summed E-state index contributed by atoms with van der Waals surface area (Å²) in [5.41, 5.74) is 3.98. The molecule has 6 heteroatoms. The Morgan fingerprint density at radius 1 is 0.591 bits per heavy atom. The minimum atomic E-state index is -1.28. The summed E-state index contributed by atoms with van der Waals surface area (Å²) in [5, 5.41) is 0. The number of carbonyl (C=O) groups excluding carboxylic acids is 4. The summed E-state index contributed by atoms with van der Waals surface area (Å²) in [6.45, 7) is 1.92. The first-order chi connectivity index (χ1) is 21.4. The number of imide groups is 2. The summed E-state index contributed by atoms with van der Waals surface area (Å²) in [4.78, 5) is 59.4. The van der Waals surface area contributed by atoms with Crippen molar-refractivity contribution in [2.75, 3.05) is 4.90 Å². The molecule has 0 spiro atoms. The highest BCUT2D eigenvalue weighted by Gasteiger charge is 2.46. The number of anilines is 1. The zero-order valence-electron chi connectivity index (χ0n) is 24.2. The predicted octanol–water partition coefficient (Wildman–Crippen LogP) is 6.59. The third-order valence-corrected chi connectivity index (χ3v) is 7.94. The molecule has 0 saturated heterocycles. The number of hydrogen-bond donors (Lipinski definition) is 0. The van der Waals surface area contributed by atoms with Gasteiger partial charge in [0.15, 0.2) is 0 Å². The van der Waals surface area contributed by atoms with Gasteiger partial charge < -0.3 is 0 Å². The molecule has 0 radical (unpaired) electrons. The number of aryl methyl sites for hydroxylation is 1. The highest BCUT2D eigenvalue weighted by atomic mass is 16.2. The van der Waals surface area contributed by atoms with E-state index in [-0.39, 0.29) is 17.5 Å². The molecule has 1 atom stereocenters. The van der Waals surface area contributed by atoms with E-state index in [2.05, 4.69) is 0 Å². The number of nitrogens with zero attached hydrogens (tertiary/aromatic N) is 2. The second kappa shape index (κ2) is 12.3. The Morgan fingerprint density at radius 2 is 1.05 bits per heavy atom. The van der Waals surface area contributed by atoms with Crippen LogP contribution in [0.15, 0.2) is 140 Å². The van der Waals surface area contributed by atoms with Crippen LogP contribution in [0.4, 0.5) is 5.69 Å². The fraction of sp³-hybridized carbons (Fsp3) is 0.105. The molecule has 0 bridgehead atoms. The summed E-state index contributed by atoms with van der Waals surface area (Å²) >= 11 is 0. The Balaban J connectivity index is 1.50. The van der Waals surface area contributed by atoms with Gasteiger partial charge in [-0.25, -0.2) is 4.90 Å². The Kier molecular flexibility index (Phi) is 7.98. The zero-order chi connectivity index (χ0) is 30.6. The van der Waals surface area contributed by atoms with Gasteiger partial charge in [-0.3, -0.25) is 24.1 Å². The molecular weight excluding hydrogens is 548 g/mol. The van der Waals surface area contributed by atoms with Crippen molar-refractivity contribution in [3.63, 3.8) is 0 Å². The first-order valence-corrected chi connectivity index (χ1v) is 14.5.